The fraction of sp³-hybridized carbons (Fsp3) is 0.448. The molecule has 1 unspecified atom stereocenters. The number of piperazine rings is 1. The van der Waals surface area contributed by atoms with Gasteiger partial charge in [-0.15, -0.1) is 5.10 Å². The molecule has 1 saturated carbocycles. The fourth-order valence-corrected chi connectivity index (χ4v) is 6.10. The Hall–Kier alpha value is -3.72. The summed E-state index contributed by atoms with van der Waals surface area (Å²) >= 11 is 0. The number of ether oxygens (including phenoxy) is 1. The van der Waals surface area contributed by atoms with Gasteiger partial charge in [0.15, 0.2) is 5.82 Å². The molecule has 9 heteroatoms. The van der Waals surface area contributed by atoms with Crippen LogP contribution in [0.25, 0.3) is 10.9 Å². The monoisotopic (exact) mass is 513 g/mol. The quantitative estimate of drug-likeness (QED) is 0.414. The molecule has 0 radical (unpaired) electrons. The lowest BCUT2D eigenvalue weighted by atomic mass is 10.0. The van der Waals surface area contributed by atoms with Crippen molar-refractivity contribution in [2.24, 2.45) is 0 Å². The van der Waals surface area contributed by atoms with Crippen molar-refractivity contribution in [2.45, 2.75) is 51.6 Å². The van der Waals surface area contributed by atoms with Crippen LogP contribution in [0.15, 0.2) is 47.3 Å². The highest BCUT2D eigenvalue weighted by Gasteiger charge is 2.35. The SMILES string of the molecule is COc1ccc2cc(C(c3nnnn3C3CCCC3)N3CCN(c4cc(C)ccc4C)CC3)c(=O)[nH]c2c1. The summed E-state index contributed by atoms with van der Waals surface area (Å²) in [6.45, 7) is 7.65. The second-order valence-corrected chi connectivity index (χ2v) is 10.6. The van der Waals surface area contributed by atoms with Gasteiger partial charge in [-0.1, -0.05) is 25.0 Å². The number of aromatic amines is 1. The van der Waals surface area contributed by atoms with E-state index in [0.29, 0.717) is 11.3 Å². The zero-order valence-corrected chi connectivity index (χ0v) is 22.4. The van der Waals surface area contributed by atoms with Gasteiger partial charge in [-0.2, -0.15) is 0 Å². The maximum absolute atomic E-state index is 13.6. The molecule has 4 aromatic rings. The van der Waals surface area contributed by atoms with Crippen molar-refractivity contribution in [1.29, 1.82) is 0 Å². The van der Waals surface area contributed by atoms with Crippen LogP contribution < -0.4 is 15.2 Å². The number of methoxy groups -OCH3 is 1. The topological polar surface area (TPSA) is 92.2 Å². The lowest BCUT2D eigenvalue weighted by Crippen LogP contribution is -2.49. The highest BCUT2D eigenvalue weighted by Crippen LogP contribution is 2.35. The first-order valence-electron chi connectivity index (χ1n) is 13.6. The van der Waals surface area contributed by atoms with E-state index in [1.54, 1.807) is 7.11 Å². The Morgan fingerprint density at radius 2 is 1.79 bits per heavy atom. The van der Waals surface area contributed by atoms with Crippen molar-refractivity contribution in [3.63, 3.8) is 0 Å². The van der Waals surface area contributed by atoms with Crippen molar-refractivity contribution < 1.29 is 4.74 Å². The molecule has 0 bridgehead atoms. The minimum Gasteiger partial charge on any atom is -0.497 e. The van der Waals surface area contributed by atoms with Crippen LogP contribution in [0.1, 0.15) is 60.3 Å². The summed E-state index contributed by atoms with van der Waals surface area (Å²) in [6.07, 6.45) is 4.50. The standard InChI is InChI=1S/C29H35N7O2/c1-19-8-9-20(2)26(16-19)34-12-14-35(15-13-34)27(28-31-32-33-36(28)22-6-4-5-7-22)24-17-21-10-11-23(38-3)18-25(21)30-29(24)37/h8-11,16-18,22,27H,4-7,12-15H2,1-3H3,(H,30,37). The Kier molecular flexibility index (Phi) is 6.61. The Bertz CT molecular complexity index is 1500. The zero-order chi connectivity index (χ0) is 26.2. The second kappa shape index (κ2) is 10.2. The van der Waals surface area contributed by atoms with Gasteiger partial charge in [0.2, 0.25) is 0 Å². The van der Waals surface area contributed by atoms with Crippen LogP contribution in [0.5, 0.6) is 5.75 Å². The van der Waals surface area contributed by atoms with Crippen LogP contribution in [-0.4, -0.2) is 63.4 Å². The first-order chi connectivity index (χ1) is 18.5. The largest absolute Gasteiger partial charge is 0.497 e. The number of hydrogen-bond acceptors (Lipinski definition) is 7. The Morgan fingerprint density at radius 3 is 2.55 bits per heavy atom. The maximum atomic E-state index is 13.6. The fourth-order valence-electron chi connectivity index (χ4n) is 6.10. The number of tetrazole rings is 1. The second-order valence-electron chi connectivity index (χ2n) is 10.6. The molecule has 38 heavy (non-hydrogen) atoms. The highest BCUT2D eigenvalue weighted by atomic mass is 16.5. The normalized spacial score (nSPS) is 17.8. The van der Waals surface area contributed by atoms with Gasteiger partial charge in [0.25, 0.3) is 5.56 Å². The van der Waals surface area contributed by atoms with Crippen molar-refractivity contribution in [3.05, 3.63) is 75.3 Å². The van der Waals surface area contributed by atoms with Crippen LogP contribution >= 0.6 is 0 Å². The molecule has 0 spiro atoms. The van der Waals surface area contributed by atoms with Crippen molar-refractivity contribution in [1.82, 2.24) is 30.1 Å². The average Bonchev–Trinajstić information content (AvgIpc) is 3.63. The molecule has 1 saturated heterocycles. The number of anilines is 1. The number of hydrogen-bond donors (Lipinski definition) is 1. The van der Waals surface area contributed by atoms with E-state index >= 15 is 0 Å². The molecule has 2 aromatic carbocycles. The first kappa shape index (κ1) is 24.6. The third kappa shape index (κ3) is 4.55. The number of H-pyrrole nitrogens is 1. The highest BCUT2D eigenvalue weighted by molar-refractivity contribution is 5.80. The van der Waals surface area contributed by atoms with Crippen LogP contribution in [0.4, 0.5) is 5.69 Å². The van der Waals surface area contributed by atoms with Gasteiger partial charge in [0, 0.05) is 43.5 Å². The van der Waals surface area contributed by atoms with Gasteiger partial charge in [-0.3, -0.25) is 9.69 Å². The van der Waals surface area contributed by atoms with E-state index in [1.807, 2.05) is 28.9 Å². The molecule has 1 aliphatic heterocycles. The number of nitrogens with zero attached hydrogens (tertiary/aromatic N) is 6. The van der Waals surface area contributed by atoms with Crippen molar-refractivity contribution in [3.8, 4) is 5.75 Å². The number of aromatic nitrogens is 5. The van der Waals surface area contributed by atoms with Gasteiger partial charge in [-0.25, -0.2) is 4.68 Å². The van der Waals surface area contributed by atoms with Crippen LogP contribution in [0.2, 0.25) is 0 Å². The predicted octanol–water partition coefficient (Wildman–Crippen LogP) is 4.17. The van der Waals surface area contributed by atoms with Crippen LogP contribution in [0.3, 0.4) is 0 Å². The summed E-state index contributed by atoms with van der Waals surface area (Å²) in [5.74, 6) is 1.47. The van der Waals surface area contributed by atoms with Crippen LogP contribution in [0, 0.1) is 13.8 Å². The summed E-state index contributed by atoms with van der Waals surface area (Å²) in [5, 5.41) is 14.0. The number of pyridine rings is 1. The zero-order valence-electron chi connectivity index (χ0n) is 22.4. The molecule has 6 rings (SSSR count). The summed E-state index contributed by atoms with van der Waals surface area (Å²) in [5.41, 5.74) is 5.15. The van der Waals surface area contributed by atoms with Crippen molar-refractivity contribution >= 4 is 16.6 Å². The molecule has 1 N–H and O–H groups in total. The Balaban J connectivity index is 1.38. The third-order valence-electron chi connectivity index (χ3n) is 8.19. The molecule has 198 valence electrons. The smallest absolute Gasteiger partial charge is 0.253 e. The van der Waals surface area contributed by atoms with E-state index in [-0.39, 0.29) is 17.6 Å². The number of aryl methyl sites for hydroxylation is 2. The minimum absolute atomic E-state index is 0.117. The molecular weight excluding hydrogens is 478 g/mol. The molecule has 0 amide bonds. The Labute approximate surface area is 222 Å². The lowest BCUT2D eigenvalue weighted by Gasteiger charge is -2.40. The number of rotatable bonds is 6. The Morgan fingerprint density at radius 1 is 1.00 bits per heavy atom. The van der Waals surface area contributed by atoms with E-state index in [1.165, 1.54) is 29.7 Å². The summed E-state index contributed by atoms with van der Waals surface area (Å²) in [7, 11) is 1.63. The summed E-state index contributed by atoms with van der Waals surface area (Å²) in [6, 6.07) is 14.3. The lowest BCUT2D eigenvalue weighted by molar-refractivity contribution is 0.196. The number of fused-ring (bicyclic) bond motifs is 1. The summed E-state index contributed by atoms with van der Waals surface area (Å²) in [4.78, 5) is 21.5. The minimum atomic E-state index is -0.332. The number of nitrogens with one attached hydrogen (secondary N) is 1. The van der Waals surface area contributed by atoms with E-state index in [9.17, 15) is 4.79 Å². The molecular formula is C29H35N7O2. The van der Waals surface area contributed by atoms with Crippen molar-refractivity contribution in [2.75, 3.05) is 38.2 Å². The number of benzene rings is 2. The van der Waals surface area contributed by atoms with Gasteiger partial charge in [0.05, 0.1) is 18.7 Å². The van der Waals surface area contributed by atoms with Gasteiger partial charge < -0.3 is 14.6 Å². The molecule has 3 heterocycles. The summed E-state index contributed by atoms with van der Waals surface area (Å²) < 4.78 is 7.36. The molecule has 9 nitrogen and oxygen atoms in total. The first-order valence-corrected chi connectivity index (χ1v) is 13.6. The predicted molar refractivity (Wildman–Crippen MR) is 148 cm³/mol. The molecule has 2 aliphatic rings. The maximum Gasteiger partial charge on any atom is 0.253 e. The van der Waals surface area contributed by atoms with Crippen LogP contribution in [-0.2, 0) is 0 Å². The van der Waals surface area contributed by atoms with E-state index < -0.39 is 0 Å². The molecule has 2 fully saturated rings. The van der Waals surface area contributed by atoms with E-state index in [2.05, 4.69) is 62.4 Å². The van der Waals surface area contributed by atoms with E-state index in [0.717, 1.165) is 55.7 Å². The van der Waals surface area contributed by atoms with Gasteiger partial charge >= 0.3 is 0 Å². The van der Waals surface area contributed by atoms with E-state index in [4.69, 9.17) is 4.74 Å². The third-order valence-corrected chi connectivity index (χ3v) is 8.19. The van der Waals surface area contributed by atoms with Gasteiger partial charge in [0.1, 0.15) is 11.8 Å². The molecule has 2 aromatic heterocycles. The molecule has 1 aliphatic carbocycles. The average molecular weight is 514 g/mol. The molecule has 1 atom stereocenters. The van der Waals surface area contributed by atoms with Gasteiger partial charge in [-0.05, 0) is 77.9 Å².